The Morgan fingerprint density at radius 1 is 1.58 bits per heavy atom. The van der Waals surface area contributed by atoms with Crippen molar-refractivity contribution in [3.05, 3.63) is 17.7 Å². The lowest BCUT2D eigenvalue weighted by Gasteiger charge is -1.94. The molecule has 1 rings (SSSR count). The molecular weight excluding hydrogens is 152 g/mol. The van der Waals surface area contributed by atoms with Gasteiger partial charge in [0.25, 0.3) is 0 Å². The lowest BCUT2D eigenvalue weighted by molar-refractivity contribution is 0.111. The Hall–Kier alpha value is -1.12. The van der Waals surface area contributed by atoms with E-state index in [1.165, 1.54) is 12.8 Å². The molecule has 0 amide bonds. The molecule has 3 heteroatoms. The zero-order chi connectivity index (χ0) is 8.81. The number of unbranched alkanes of at least 4 members (excludes halogenated alkanes) is 2. The van der Waals surface area contributed by atoms with Gasteiger partial charge in [0.15, 0.2) is 12.1 Å². The first kappa shape index (κ1) is 8.97. The summed E-state index contributed by atoms with van der Waals surface area (Å²) in [6.07, 6.45) is 7.08. The third-order valence-corrected chi connectivity index (χ3v) is 1.81. The maximum absolute atomic E-state index is 10.3. The Balaban J connectivity index is 2.36. The maximum atomic E-state index is 10.3. The minimum atomic E-state index is 0.432. The van der Waals surface area contributed by atoms with Gasteiger partial charge in [-0.25, -0.2) is 4.98 Å². The summed E-state index contributed by atoms with van der Waals surface area (Å²) in [5.41, 5.74) is 1.06. The van der Waals surface area contributed by atoms with Crippen LogP contribution in [0, 0.1) is 0 Å². The lowest BCUT2D eigenvalue weighted by Crippen LogP contribution is -1.86. The average molecular weight is 166 g/mol. The van der Waals surface area contributed by atoms with Gasteiger partial charge >= 0.3 is 0 Å². The first-order valence-corrected chi connectivity index (χ1v) is 4.36. The van der Waals surface area contributed by atoms with Crippen LogP contribution in [0.2, 0.25) is 0 Å². The molecule has 0 atom stereocenters. The molecule has 1 aromatic heterocycles. The molecule has 3 nitrogen and oxygen atoms in total. The Morgan fingerprint density at radius 2 is 2.42 bits per heavy atom. The van der Waals surface area contributed by atoms with Crippen molar-refractivity contribution in [2.45, 2.75) is 32.6 Å². The molecule has 66 valence electrons. The predicted molar refractivity (Wildman–Crippen MR) is 47.2 cm³/mol. The number of imidazole rings is 1. The fraction of sp³-hybridized carbons (Fsp3) is 0.556. The van der Waals surface area contributed by atoms with Gasteiger partial charge in [-0.2, -0.15) is 0 Å². The first-order valence-electron chi connectivity index (χ1n) is 4.36. The standard InChI is InChI=1S/C9H14N2O/c1-2-3-4-5-8-6-10-9(7-12)11-8/h6-7H,2-5H2,1H3,(H,10,11). The molecule has 1 aromatic rings. The normalized spacial score (nSPS) is 10.1. The highest BCUT2D eigenvalue weighted by atomic mass is 16.1. The third-order valence-electron chi connectivity index (χ3n) is 1.81. The largest absolute Gasteiger partial charge is 0.340 e. The van der Waals surface area contributed by atoms with E-state index in [9.17, 15) is 4.79 Å². The highest BCUT2D eigenvalue weighted by Gasteiger charge is 1.97. The number of aldehydes is 1. The number of carbonyl (C=O) groups excluding carboxylic acids is 1. The van der Waals surface area contributed by atoms with Gasteiger partial charge in [0.2, 0.25) is 0 Å². The van der Waals surface area contributed by atoms with Crippen LogP contribution in [0.5, 0.6) is 0 Å². The van der Waals surface area contributed by atoms with E-state index in [-0.39, 0.29) is 0 Å². The molecule has 1 heterocycles. The van der Waals surface area contributed by atoms with Gasteiger partial charge in [-0.15, -0.1) is 0 Å². The number of nitrogens with one attached hydrogen (secondary N) is 1. The van der Waals surface area contributed by atoms with E-state index in [1.54, 1.807) is 6.20 Å². The van der Waals surface area contributed by atoms with Crippen molar-refractivity contribution in [2.75, 3.05) is 0 Å². The number of rotatable bonds is 5. The molecular formula is C9H14N2O. The number of carbonyl (C=O) groups is 1. The van der Waals surface area contributed by atoms with Crippen LogP contribution >= 0.6 is 0 Å². The van der Waals surface area contributed by atoms with Crippen LogP contribution in [0.1, 0.15) is 42.5 Å². The number of nitrogens with zero attached hydrogens (tertiary/aromatic N) is 1. The topological polar surface area (TPSA) is 45.8 Å². The van der Waals surface area contributed by atoms with Gasteiger partial charge in [-0.3, -0.25) is 4.79 Å². The molecule has 0 saturated heterocycles. The van der Waals surface area contributed by atoms with Crippen LogP contribution in [0.15, 0.2) is 6.20 Å². The fourth-order valence-electron chi connectivity index (χ4n) is 1.13. The molecule has 1 N–H and O–H groups in total. The number of hydrogen-bond donors (Lipinski definition) is 1. The van der Waals surface area contributed by atoms with E-state index in [0.29, 0.717) is 5.82 Å². The monoisotopic (exact) mass is 166 g/mol. The van der Waals surface area contributed by atoms with Gasteiger partial charge in [-0.05, 0) is 12.8 Å². The van der Waals surface area contributed by atoms with Crippen molar-refractivity contribution in [3.8, 4) is 0 Å². The zero-order valence-corrected chi connectivity index (χ0v) is 7.34. The van der Waals surface area contributed by atoms with Gasteiger partial charge in [-0.1, -0.05) is 19.8 Å². The van der Waals surface area contributed by atoms with Crippen LogP contribution < -0.4 is 0 Å². The first-order chi connectivity index (χ1) is 5.86. The number of aromatic amines is 1. The van der Waals surface area contributed by atoms with Crippen LogP contribution in [0.3, 0.4) is 0 Å². The van der Waals surface area contributed by atoms with Crippen LogP contribution in [0.4, 0.5) is 0 Å². The van der Waals surface area contributed by atoms with Gasteiger partial charge in [0.1, 0.15) is 0 Å². The van der Waals surface area contributed by atoms with Crippen LogP contribution in [0.25, 0.3) is 0 Å². The summed E-state index contributed by atoms with van der Waals surface area (Å²) in [6.45, 7) is 2.17. The van der Waals surface area contributed by atoms with Gasteiger partial charge in [0.05, 0.1) is 0 Å². The average Bonchev–Trinajstić information content (AvgIpc) is 2.53. The maximum Gasteiger partial charge on any atom is 0.185 e. The summed E-state index contributed by atoms with van der Waals surface area (Å²) in [4.78, 5) is 17.1. The Kier molecular flexibility index (Phi) is 3.51. The number of hydrogen-bond acceptors (Lipinski definition) is 2. The van der Waals surface area contributed by atoms with E-state index in [1.807, 2.05) is 0 Å². The number of aryl methyl sites for hydroxylation is 1. The van der Waals surface area contributed by atoms with Crippen LogP contribution in [-0.2, 0) is 6.42 Å². The van der Waals surface area contributed by atoms with Crippen molar-refractivity contribution < 1.29 is 4.79 Å². The minimum Gasteiger partial charge on any atom is -0.340 e. The minimum absolute atomic E-state index is 0.432. The second kappa shape index (κ2) is 4.70. The summed E-state index contributed by atoms with van der Waals surface area (Å²) in [5, 5.41) is 0. The molecule has 0 bridgehead atoms. The molecule has 0 aliphatic carbocycles. The quantitative estimate of drug-likeness (QED) is 0.536. The summed E-state index contributed by atoms with van der Waals surface area (Å²) in [5.74, 6) is 0.432. The fourth-order valence-corrected chi connectivity index (χ4v) is 1.13. The SMILES string of the molecule is CCCCCc1cnc(C=O)[nH]1. The van der Waals surface area contributed by atoms with E-state index >= 15 is 0 Å². The number of aromatic nitrogens is 2. The summed E-state index contributed by atoms with van der Waals surface area (Å²) in [7, 11) is 0. The Bertz CT molecular complexity index is 242. The third kappa shape index (κ3) is 2.49. The molecule has 0 unspecified atom stereocenters. The molecule has 0 aromatic carbocycles. The van der Waals surface area contributed by atoms with Gasteiger partial charge in [0, 0.05) is 11.9 Å². The van der Waals surface area contributed by atoms with Crippen molar-refractivity contribution in [1.29, 1.82) is 0 Å². The zero-order valence-electron chi connectivity index (χ0n) is 7.34. The second-order valence-electron chi connectivity index (χ2n) is 2.87. The summed E-state index contributed by atoms with van der Waals surface area (Å²) >= 11 is 0. The molecule has 0 radical (unpaired) electrons. The second-order valence-corrected chi connectivity index (χ2v) is 2.87. The Morgan fingerprint density at radius 3 is 3.00 bits per heavy atom. The van der Waals surface area contributed by atoms with Crippen molar-refractivity contribution in [1.82, 2.24) is 9.97 Å². The van der Waals surface area contributed by atoms with Crippen LogP contribution in [-0.4, -0.2) is 16.3 Å². The highest BCUT2D eigenvalue weighted by Crippen LogP contribution is 2.03. The molecule has 0 aliphatic rings. The number of H-pyrrole nitrogens is 1. The molecule has 12 heavy (non-hydrogen) atoms. The van der Waals surface area contributed by atoms with E-state index in [4.69, 9.17) is 0 Å². The lowest BCUT2D eigenvalue weighted by atomic mass is 10.2. The van der Waals surface area contributed by atoms with E-state index in [2.05, 4.69) is 16.9 Å². The van der Waals surface area contributed by atoms with Gasteiger partial charge < -0.3 is 4.98 Å². The van der Waals surface area contributed by atoms with Crippen molar-refractivity contribution >= 4 is 6.29 Å². The summed E-state index contributed by atoms with van der Waals surface area (Å²) < 4.78 is 0. The molecule has 0 fully saturated rings. The molecule has 0 saturated carbocycles. The molecule has 0 aliphatic heterocycles. The summed E-state index contributed by atoms with van der Waals surface area (Å²) in [6, 6.07) is 0. The van der Waals surface area contributed by atoms with E-state index in [0.717, 1.165) is 24.8 Å². The van der Waals surface area contributed by atoms with Crippen molar-refractivity contribution in [3.63, 3.8) is 0 Å². The van der Waals surface area contributed by atoms with E-state index < -0.39 is 0 Å². The van der Waals surface area contributed by atoms with Crippen molar-refractivity contribution in [2.24, 2.45) is 0 Å². The smallest absolute Gasteiger partial charge is 0.185 e. The highest BCUT2D eigenvalue weighted by molar-refractivity contribution is 5.68. The predicted octanol–water partition coefficient (Wildman–Crippen LogP) is 1.95. The Labute approximate surface area is 72.2 Å². The molecule has 0 spiro atoms.